The lowest BCUT2D eigenvalue weighted by molar-refractivity contribution is -0.153. The first kappa shape index (κ1) is 19.0. The van der Waals surface area contributed by atoms with Gasteiger partial charge in [0.15, 0.2) is 0 Å². The molecule has 2 N–H and O–H groups in total. The van der Waals surface area contributed by atoms with Gasteiger partial charge in [-0.05, 0) is 37.8 Å². The average molecular weight is 388 g/mol. The predicted octanol–water partition coefficient (Wildman–Crippen LogP) is 1.23. The van der Waals surface area contributed by atoms with Gasteiger partial charge in [-0.25, -0.2) is 5.01 Å². The van der Waals surface area contributed by atoms with Crippen LogP contribution in [0.5, 0.6) is 11.5 Å². The molecule has 1 aliphatic carbocycles. The van der Waals surface area contributed by atoms with E-state index in [-0.39, 0.29) is 35.9 Å². The van der Waals surface area contributed by atoms with Crippen LogP contribution in [0.2, 0.25) is 0 Å². The predicted molar refractivity (Wildman–Crippen MR) is 104 cm³/mol. The number of ether oxygens (including phenoxy) is 2. The van der Waals surface area contributed by atoms with Gasteiger partial charge in [-0.3, -0.25) is 15.0 Å². The third kappa shape index (κ3) is 3.20. The molecular weight excluding hydrogens is 360 g/mol. The number of amides is 2. The molecule has 1 aromatic rings. The van der Waals surface area contributed by atoms with Crippen molar-refractivity contribution in [1.29, 1.82) is 0 Å². The summed E-state index contributed by atoms with van der Waals surface area (Å²) in [5.74, 6) is 1.23. The molecule has 0 spiro atoms. The van der Waals surface area contributed by atoms with E-state index in [2.05, 4.69) is 15.8 Å². The van der Waals surface area contributed by atoms with Crippen molar-refractivity contribution >= 4 is 17.5 Å². The molecule has 2 saturated heterocycles. The number of hydrogen-bond acceptors (Lipinski definition) is 6. The molecule has 8 nitrogen and oxygen atoms in total. The zero-order chi connectivity index (χ0) is 19.8. The van der Waals surface area contributed by atoms with Crippen molar-refractivity contribution < 1.29 is 19.1 Å². The van der Waals surface area contributed by atoms with Crippen LogP contribution in [-0.2, 0) is 9.59 Å². The summed E-state index contributed by atoms with van der Waals surface area (Å²) >= 11 is 0. The van der Waals surface area contributed by atoms with Crippen molar-refractivity contribution in [2.45, 2.75) is 43.8 Å². The van der Waals surface area contributed by atoms with Crippen LogP contribution in [-0.4, -0.2) is 67.7 Å². The maximum atomic E-state index is 12.9. The Bertz CT molecular complexity index is 771. The van der Waals surface area contributed by atoms with Gasteiger partial charge in [0, 0.05) is 37.7 Å². The number of piperazine rings is 1. The quantitative estimate of drug-likeness (QED) is 0.807. The van der Waals surface area contributed by atoms with Gasteiger partial charge < -0.3 is 19.7 Å². The zero-order valence-corrected chi connectivity index (χ0v) is 16.6. The van der Waals surface area contributed by atoms with Crippen molar-refractivity contribution in [2.75, 3.05) is 33.1 Å². The molecule has 8 heteroatoms. The van der Waals surface area contributed by atoms with Crippen LogP contribution in [0.3, 0.4) is 0 Å². The van der Waals surface area contributed by atoms with Crippen LogP contribution in [0, 0.1) is 5.92 Å². The van der Waals surface area contributed by atoms with Gasteiger partial charge in [-0.2, -0.15) is 0 Å². The second-order valence-electron chi connectivity index (χ2n) is 7.77. The lowest BCUT2D eigenvalue weighted by Crippen LogP contribution is -2.67. The van der Waals surface area contributed by atoms with Gasteiger partial charge in [-0.15, -0.1) is 0 Å². The van der Waals surface area contributed by atoms with E-state index in [4.69, 9.17) is 9.47 Å². The number of hydrazine groups is 1. The largest absolute Gasteiger partial charge is 0.497 e. The van der Waals surface area contributed by atoms with Crippen LogP contribution < -0.4 is 20.2 Å². The van der Waals surface area contributed by atoms with E-state index in [1.807, 2.05) is 11.9 Å². The maximum Gasteiger partial charge on any atom is 0.241 e. The minimum Gasteiger partial charge on any atom is -0.497 e. The fourth-order valence-electron chi connectivity index (χ4n) is 4.82. The third-order valence-electron chi connectivity index (χ3n) is 6.35. The lowest BCUT2D eigenvalue weighted by atomic mass is 9.79. The number of likely N-dealkylation sites (N-methyl/N-ethyl adjacent to an activating group) is 1. The molecule has 4 atom stereocenters. The topological polar surface area (TPSA) is 83.1 Å². The minimum atomic E-state index is -0.137. The number of benzene rings is 1. The van der Waals surface area contributed by atoms with Crippen LogP contribution in [0.25, 0.3) is 0 Å². The molecule has 1 saturated carbocycles. The average Bonchev–Trinajstić information content (AvgIpc) is 3.22. The van der Waals surface area contributed by atoms with E-state index >= 15 is 0 Å². The Balaban J connectivity index is 1.46. The highest BCUT2D eigenvalue weighted by Gasteiger charge is 2.50. The maximum absolute atomic E-state index is 12.9. The standard InChI is InChI=1S/C20H28N4O4/c1-23-17-10-12(4-7-15(17)24-16(20(23)26)8-9-21-24)19(25)22-14-6-5-13(27-2)11-18(14)28-3/h5-6,11-12,15-17,21H,4,7-10H2,1-3H3,(H,22,25). The van der Waals surface area contributed by atoms with Crippen LogP contribution >= 0.6 is 0 Å². The molecule has 4 unspecified atom stereocenters. The Morgan fingerprint density at radius 1 is 1.18 bits per heavy atom. The molecule has 0 bridgehead atoms. The highest BCUT2D eigenvalue weighted by Crippen LogP contribution is 2.37. The van der Waals surface area contributed by atoms with Crippen LogP contribution in [0.15, 0.2) is 18.2 Å². The summed E-state index contributed by atoms with van der Waals surface area (Å²) in [5.41, 5.74) is 4.00. The number of anilines is 1. The molecule has 152 valence electrons. The molecule has 1 aromatic carbocycles. The number of carbonyl (C=O) groups excluding carboxylic acids is 2. The summed E-state index contributed by atoms with van der Waals surface area (Å²) in [7, 11) is 5.04. The van der Waals surface area contributed by atoms with E-state index in [1.165, 1.54) is 0 Å². The molecule has 2 heterocycles. The Kier molecular flexibility index (Phi) is 5.16. The van der Waals surface area contributed by atoms with E-state index in [0.717, 1.165) is 25.8 Å². The zero-order valence-electron chi connectivity index (χ0n) is 16.6. The lowest BCUT2D eigenvalue weighted by Gasteiger charge is -2.50. The molecule has 0 radical (unpaired) electrons. The highest BCUT2D eigenvalue weighted by molar-refractivity contribution is 5.94. The first-order chi connectivity index (χ1) is 13.5. The molecular formula is C20H28N4O4. The molecule has 28 heavy (non-hydrogen) atoms. The highest BCUT2D eigenvalue weighted by atomic mass is 16.5. The summed E-state index contributed by atoms with van der Waals surface area (Å²) in [6.45, 7) is 0.842. The van der Waals surface area contributed by atoms with Gasteiger partial charge in [-0.1, -0.05) is 0 Å². The number of fused-ring (bicyclic) bond motifs is 3. The van der Waals surface area contributed by atoms with Crippen molar-refractivity contribution in [3.8, 4) is 11.5 Å². The smallest absolute Gasteiger partial charge is 0.241 e. The minimum absolute atomic E-state index is 0.0285. The van der Waals surface area contributed by atoms with Gasteiger partial charge in [0.25, 0.3) is 0 Å². The van der Waals surface area contributed by atoms with Crippen molar-refractivity contribution in [2.24, 2.45) is 5.92 Å². The Hall–Kier alpha value is -2.32. The molecule has 4 rings (SSSR count). The first-order valence-electron chi connectivity index (χ1n) is 9.85. The van der Waals surface area contributed by atoms with E-state index in [0.29, 0.717) is 23.6 Å². The van der Waals surface area contributed by atoms with E-state index in [9.17, 15) is 9.59 Å². The second-order valence-corrected chi connectivity index (χ2v) is 7.77. The number of nitrogens with zero attached hydrogens (tertiary/aromatic N) is 2. The molecule has 3 fully saturated rings. The van der Waals surface area contributed by atoms with Crippen molar-refractivity contribution in [3.63, 3.8) is 0 Å². The van der Waals surface area contributed by atoms with E-state index in [1.54, 1.807) is 32.4 Å². The molecule has 2 aliphatic heterocycles. The van der Waals surface area contributed by atoms with Crippen molar-refractivity contribution in [3.05, 3.63) is 18.2 Å². The summed E-state index contributed by atoms with van der Waals surface area (Å²) in [6, 6.07) is 5.60. The summed E-state index contributed by atoms with van der Waals surface area (Å²) in [4.78, 5) is 27.5. The SMILES string of the molecule is COc1ccc(NC(=O)C2CCC3C(C2)N(C)C(=O)C2CCNN23)c(OC)c1. The number of hydrogen-bond donors (Lipinski definition) is 2. The number of rotatable bonds is 4. The molecule has 0 aromatic heterocycles. The number of methoxy groups -OCH3 is 2. The van der Waals surface area contributed by atoms with Gasteiger partial charge in [0.05, 0.1) is 19.9 Å². The summed E-state index contributed by atoms with van der Waals surface area (Å²) < 4.78 is 10.6. The third-order valence-corrected chi connectivity index (χ3v) is 6.35. The van der Waals surface area contributed by atoms with Gasteiger partial charge in [0.1, 0.15) is 17.5 Å². The van der Waals surface area contributed by atoms with Crippen molar-refractivity contribution in [1.82, 2.24) is 15.3 Å². The monoisotopic (exact) mass is 388 g/mol. The summed E-state index contributed by atoms with van der Waals surface area (Å²) in [5, 5.41) is 5.14. The van der Waals surface area contributed by atoms with E-state index < -0.39 is 0 Å². The Labute approximate surface area is 165 Å². The summed E-state index contributed by atoms with van der Waals surface area (Å²) in [6.07, 6.45) is 3.22. The molecule has 2 amide bonds. The fraction of sp³-hybridized carbons (Fsp3) is 0.600. The van der Waals surface area contributed by atoms with Crippen LogP contribution in [0.1, 0.15) is 25.7 Å². The first-order valence-corrected chi connectivity index (χ1v) is 9.85. The van der Waals surface area contributed by atoms with Crippen LogP contribution in [0.4, 0.5) is 5.69 Å². The normalized spacial score (nSPS) is 29.8. The van der Waals surface area contributed by atoms with Gasteiger partial charge in [0.2, 0.25) is 11.8 Å². The Morgan fingerprint density at radius 2 is 2.00 bits per heavy atom. The molecule has 3 aliphatic rings. The fourth-order valence-corrected chi connectivity index (χ4v) is 4.82. The number of nitrogens with one attached hydrogen (secondary N) is 2. The Morgan fingerprint density at radius 3 is 2.75 bits per heavy atom. The second kappa shape index (κ2) is 7.60. The van der Waals surface area contributed by atoms with Gasteiger partial charge >= 0.3 is 0 Å². The number of carbonyl (C=O) groups is 2.